The number of alkyl halides is 3. The summed E-state index contributed by atoms with van der Waals surface area (Å²) in [7, 11) is 1.59. The number of benzene rings is 1. The Hall–Kier alpha value is -2.42. The van der Waals surface area contributed by atoms with Gasteiger partial charge in [-0.15, -0.1) is 0 Å². The summed E-state index contributed by atoms with van der Waals surface area (Å²) in [5, 5.41) is 4.66. The maximum atomic E-state index is 12.4. The Morgan fingerprint density at radius 1 is 1.20 bits per heavy atom. The molecule has 9 heteroatoms. The smallest absolute Gasteiger partial charge is 0.479 e. The highest BCUT2D eigenvalue weighted by molar-refractivity contribution is 7.95. The van der Waals surface area contributed by atoms with Crippen molar-refractivity contribution in [3.63, 3.8) is 0 Å². The number of hydrogen-bond acceptors (Lipinski definition) is 5. The summed E-state index contributed by atoms with van der Waals surface area (Å²) in [5.74, 6) is 0.828. The minimum Gasteiger partial charge on any atom is -0.497 e. The molecule has 2 heterocycles. The van der Waals surface area contributed by atoms with E-state index in [1.165, 1.54) is 12.3 Å². The molecule has 2 aromatic heterocycles. The van der Waals surface area contributed by atoms with Crippen molar-refractivity contribution >= 4 is 23.1 Å². The number of halogens is 3. The van der Waals surface area contributed by atoms with Crippen molar-refractivity contribution < 1.29 is 22.1 Å². The van der Waals surface area contributed by atoms with E-state index < -0.39 is 17.6 Å². The van der Waals surface area contributed by atoms with Gasteiger partial charge in [-0.25, -0.2) is 9.67 Å². The number of hydrogen-bond donors (Lipinski definition) is 0. The normalized spacial score (nSPS) is 11.7. The Balaban J connectivity index is 1.90. The maximum absolute atomic E-state index is 12.4. The number of ether oxygens (including phenoxy) is 1. The van der Waals surface area contributed by atoms with Crippen molar-refractivity contribution in [1.82, 2.24) is 14.8 Å². The highest BCUT2D eigenvalue weighted by Crippen LogP contribution is 2.35. The molecule has 0 unspecified atom stereocenters. The minimum atomic E-state index is -4.48. The fourth-order valence-corrected chi connectivity index (χ4v) is 2.64. The van der Waals surface area contributed by atoms with Crippen molar-refractivity contribution in [2.45, 2.75) is 19.0 Å². The second kappa shape index (κ2) is 6.83. The van der Waals surface area contributed by atoms with E-state index in [1.807, 2.05) is 24.3 Å². The zero-order valence-corrected chi connectivity index (χ0v) is 14.2. The first kappa shape index (κ1) is 17.4. The van der Waals surface area contributed by atoms with Crippen molar-refractivity contribution in [3.05, 3.63) is 47.8 Å². The Morgan fingerprint density at radius 3 is 2.56 bits per heavy atom. The van der Waals surface area contributed by atoms with Crippen LogP contribution in [-0.4, -0.2) is 27.4 Å². The molecule has 0 spiro atoms. The van der Waals surface area contributed by atoms with Crippen molar-refractivity contribution in [2.75, 3.05) is 7.11 Å². The Labute approximate surface area is 146 Å². The molecule has 3 aromatic rings. The lowest BCUT2D eigenvalue weighted by molar-refractivity contribution is -0.0369. The van der Waals surface area contributed by atoms with E-state index in [4.69, 9.17) is 8.92 Å². The predicted octanol–water partition coefficient (Wildman–Crippen LogP) is 4.34. The quantitative estimate of drug-likeness (QED) is 0.626. The number of aromatic nitrogens is 3. The number of aryl methyl sites for hydroxylation is 1. The average Bonchev–Trinajstić information content (AvgIpc) is 2.95. The van der Waals surface area contributed by atoms with Gasteiger partial charge in [0.15, 0.2) is 23.4 Å². The third-order valence-corrected chi connectivity index (χ3v) is 3.87. The Morgan fingerprint density at radius 2 is 1.92 bits per heavy atom. The molecule has 5 nitrogen and oxygen atoms in total. The van der Waals surface area contributed by atoms with Gasteiger partial charge >= 0.3 is 5.51 Å². The van der Waals surface area contributed by atoms with Gasteiger partial charge in [0.25, 0.3) is 0 Å². The molecule has 0 N–H and O–H groups in total. The van der Waals surface area contributed by atoms with Crippen LogP contribution in [0.15, 0.2) is 36.5 Å². The van der Waals surface area contributed by atoms with E-state index in [0.29, 0.717) is 23.3 Å². The summed E-state index contributed by atoms with van der Waals surface area (Å²) in [5.41, 5.74) is -2.51. The van der Waals surface area contributed by atoms with Gasteiger partial charge in [0.2, 0.25) is 0 Å². The van der Waals surface area contributed by atoms with Gasteiger partial charge in [0.05, 0.1) is 25.2 Å². The van der Waals surface area contributed by atoms with Gasteiger partial charge in [-0.3, -0.25) is 0 Å². The molecule has 0 atom stereocenters. The van der Waals surface area contributed by atoms with E-state index in [2.05, 4.69) is 10.1 Å². The van der Waals surface area contributed by atoms with E-state index in [0.717, 1.165) is 11.3 Å². The van der Waals surface area contributed by atoms with Gasteiger partial charge in [-0.1, -0.05) is 12.1 Å². The molecule has 25 heavy (non-hydrogen) atoms. The molecule has 3 rings (SSSR count). The van der Waals surface area contributed by atoms with Gasteiger partial charge in [0, 0.05) is 11.8 Å². The van der Waals surface area contributed by atoms with Crippen LogP contribution in [0.1, 0.15) is 11.3 Å². The van der Waals surface area contributed by atoms with Crippen molar-refractivity contribution in [2.24, 2.45) is 0 Å². The standard InChI is InChI=1S/C16H14F3N3O2S/c1-10-7-14(24-25-16(17,18)19)13-8-20-22(15(13)21-10)9-11-3-5-12(23-2)6-4-11/h3-8H,9H2,1-2H3. The predicted molar refractivity (Wildman–Crippen MR) is 88.6 cm³/mol. The van der Waals surface area contributed by atoms with E-state index in [9.17, 15) is 13.2 Å². The molecule has 0 radical (unpaired) electrons. The summed E-state index contributed by atoms with van der Waals surface area (Å²) in [6.45, 7) is 2.12. The van der Waals surface area contributed by atoms with Gasteiger partial charge in [0.1, 0.15) is 5.75 Å². The molecule has 0 amide bonds. The largest absolute Gasteiger partial charge is 0.497 e. The van der Waals surface area contributed by atoms with Gasteiger partial charge in [-0.05, 0) is 24.6 Å². The van der Waals surface area contributed by atoms with Crippen LogP contribution in [-0.2, 0) is 6.54 Å². The molecular weight excluding hydrogens is 355 g/mol. The third-order valence-electron chi connectivity index (χ3n) is 3.42. The lowest BCUT2D eigenvalue weighted by Crippen LogP contribution is -2.04. The molecule has 1 aromatic carbocycles. The summed E-state index contributed by atoms with van der Waals surface area (Å²) in [6.07, 6.45) is 1.46. The Kier molecular flexibility index (Phi) is 4.76. The SMILES string of the molecule is COc1ccc(Cn2ncc3c(OSC(F)(F)F)cc(C)nc32)cc1. The topological polar surface area (TPSA) is 49.2 Å². The number of nitrogens with zero attached hydrogens (tertiary/aromatic N) is 3. The highest BCUT2D eigenvalue weighted by Gasteiger charge is 2.32. The summed E-state index contributed by atoms with van der Waals surface area (Å²) in [6, 6.07) is 8.89. The van der Waals surface area contributed by atoms with Gasteiger partial charge < -0.3 is 8.92 Å². The van der Waals surface area contributed by atoms with Crippen LogP contribution in [0.5, 0.6) is 11.5 Å². The van der Waals surface area contributed by atoms with Crippen LogP contribution in [0.2, 0.25) is 0 Å². The lowest BCUT2D eigenvalue weighted by Gasteiger charge is -2.09. The molecule has 0 bridgehead atoms. The summed E-state index contributed by atoms with van der Waals surface area (Å²) >= 11 is -0.551. The second-order valence-corrected chi connectivity index (χ2v) is 6.06. The monoisotopic (exact) mass is 369 g/mol. The van der Waals surface area contributed by atoms with E-state index in [1.54, 1.807) is 18.7 Å². The Bertz CT molecular complexity index is 879. The molecule has 0 saturated carbocycles. The molecule has 132 valence electrons. The fourth-order valence-electron chi connectivity index (χ4n) is 2.32. The van der Waals surface area contributed by atoms with Crippen molar-refractivity contribution in [3.8, 4) is 11.5 Å². The molecule has 0 fully saturated rings. The molecule has 0 aliphatic heterocycles. The van der Waals surface area contributed by atoms with Crippen LogP contribution in [0.3, 0.4) is 0 Å². The van der Waals surface area contributed by atoms with E-state index >= 15 is 0 Å². The van der Waals surface area contributed by atoms with Crippen LogP contribution < -0.4 is 8.92 Å². The van der Waals surface area contributed by atoms with Crippen LogP contribution in [0, 0.1) is 6.92 Å². The van der Waals surface area contributed by atoms with E-state index in [-0.39, 0.29) is 5.75 Å². The number of fused-ring (bicyclic) bond motifs is 1. The van der Waals surface area contributed by atoms with Crippen LogP contribution in [0.25, 0.3) is 11.0 Å². The molecule has 0 saturated heterocycles. The third kappa shape index (κ3) is 4.16. The zero-order chi connectivity index (χ0) is 18.0. The first-order chi connectivity index (χ1) is 11.9. The van der Waals surface area contributed by atoms with Crippen LogP contribution in [0.4, 0.5) is 13.2 Å². The zero-order valence-electron chi connectivity index (χ0n) is 13.4. The summed E-state index contributed by atoms with van der Waals surface area (Å²) < 4.78 is 48.7. The minimum absolute atomic E-state index is 0.0887. The highest BCUT2D eigenvalue weighted by atomic mass is 32.2. The number of pyridine rings is 1. The second-order valence-electron chi connectivity index (χ2n) is 5.26. The van der Waals surface area contributed by atoms with Crippen molar-refractivity contribution in [1.29, 1.82) is 0 Å². The fraction of sp³-hybridized carbons (Fsp3) is 0.250. The van der Waals surface area contributed by atoms with Gasteiger partial charge in [-0.2, -0.15) is 18.3 Å². The average molecular weight is 369 g/mol. The maximum Gasteiger partial charge on any atom is 0.479 e. The summed E-state index contributed by atoms with van der Waals surface area (Å²) in [4.78, 5) is 4.38. The van der Waals surface area contributed by atoms with Crippen LogP contribution >= 0.6 is 12.0 Å². The molecule has 0 aliphatic carbocycles. The number of rotatable bonds is 5. The first-order valence-electron chi connectivity index (χ1n) is 7.24. The lowest BCUT2D eigenvalue weighted by atomic mass is 10.2. The molecular formula is C16H14F3N3O2S. The first-order valence-corrected chi connectivity index (χ1v) is 7.98. The molecule has 0 aliphatic rings. The number of methoxy groups -OCH3 is 1.